The Bertz CT molecular complexity index is 292. The van der Waals surface area contributed by atoms with Crippen molar-refractivity contribution in [3.63, 3.8) is 0 Å². The lowest BCUT2D eigenvalue weighted by molar-refractivity contribution is 0.238. The molecule has 1 unspecified atom stereocenters. The third-order valence-electron chi connectivity index (χ3n) is 4.72. The lowest BCUT2D eigenvalue weighted by Gasteiger charge is -2.11. The Hall–Kier alpha value is 0.110. The minimum absolute atomic E-state index is 0.429. The highest BCUT2D eigenvalue weighted by molar-refractivity contribution is 7.53. The van der Waals surface area contributed by atoms with Gasteiger partial charge in [0.2, 0.25) is 0 Å². The summed E-state index contributed by atoms with van der Waals surface area (Å²) in [4.78, 5) is 0. The van der Waals surface area contributed by atoms with E-state index >= 15 is 0 Å². The van der Waals surface area contributed by atoms with Crippen molar-refractivity contribution in [2.75, 3.05) is 13.3 Å². The van der Waals surface area contributed by atoms with Gasteiger partial charge >= 0.3 is 7.60 Å². The third kappa shape index (κ3) is 15.6. The van der Waals surface area contributed by atoms with Gasteiger partial charge in [0.1, 0.15) is 0 Å². The van der Waals surface area contributed by atoms with Crippen LogP contribution in [0.5, 0.6) is 0 Å². The Kier molecular flexibility index (Phi) is 18.0. The second kappa shape index (κ2) is 17.9. The standard InChI is InChI=1S/C19H42NO3P/c1-3-4-5-6-7-8-9-10-11-12-13-14-15-16-17-18-19-24(21,22-2)23-20/h3-20H2,1-2H3. The van der Waals surface area contributed by atoms with Crippen LogP contribution in [0.1, 0.15) is 110 Å². The first-order valence-electron chi connectivity index (χ1n) is 10.2. The maximum atomic E-state index is 11.7. The molecular weight excluding hydrogens is 321 g/mol. The van der Waals surface area contributed by atoms with E-state index < -0.39 is 7.60 Å². The molecule has 0 saturated heterocycles. The zero-order valence-electron chi connectivity index (χ0n) is 16.3. The third-order valence-corrected chi connectivity index (χ3v) is 6.47. The molecule has 2 N–H and O–H groups in total. The SMILES string of the molecule is CCCCCCCCCCCCCCCCCCP(=O)(OC)ON. The van der Waals surface area contributed by atoms with Crippen molar-refractivity contribution in [2.45, 2.75) is 110 Å². The molecule has 0 aliphatic heterocycles. The smallest absolute Gasteiger partial charge is 0.311 e. The number of nitrogens with two attached hydrogens (primary N) is 1. The van der Waals surface area contributed by atoms with Crippen LogP contribution >= 0.6 is 7.60 Å². The molecule has 0 aromatic carbocycles. The van der Waals surface area contributed by atoms with E-state index in [-0.39, 0.29) is 0 Å². The summed E-state index contributed by atoms with van der Waals surface area (Å²) in [5.74, 6) is 5.00. The van der Waals surface area contributed by atoms with E-state index in [2.05, 4.69) is 11.5 Å². The van der Waals surface area contributed by atoms with Gasteiger partial charge in [-0.25, -0.2) is 10.5 Å². The molecule has 24 heavy (non-hydrogen) atoms. The molecule has 0 aliphatic carbocycles. The van der Waals surface area contributed by atoms with E-state index in [1.165, 1.54) is 97.0 Å². The van der Waals surface area contributed by atoms with Gasteiger partial charge in [0, 0.05) is 7.11 Å². The Morgan fingerprint density at radius 2 is 1.00 bits per heavy atom. The zero-order valence-corrected chi connectivity index (χ0v) is 17.2. The summed E-state index contributed by atoms with van der Waals surface area (Å²) in [6.45, 7) is 2.27. The van der Waals surface area contributed by atoms with Gasteiger partial charge in [-0.2, -0.15) is 0 Å². The molecule has 0 aromatic heterocycles. The number of hydrogen-bond acceptors (Lipinski definition) is 4. The van der Waals surface area contributed by atoms with E-state index in [1.807, 2.05) is 0 Å². The van der Waals surface area contributed by atoms with E-state index in [9.17, 15) is 4.57 Å². The Morgan fingerprint density at radius 3 is 1.29 bits per heavy atom. The lowest BCUT2D eigenvalue weighted by Crippen LogP contribution is -2.02. The average Bonchev–Trinajstić information content (AvgIpc) is 2.61. The second-order valence-electron chi connectivity index (χ2n) is 6.93. The quantitative estimate of drug-likeness (QED) is 0.153. The largest absolute Gasteiger partial charge is 0.346 e. The Labute approximate surface area is 150 Å². The first-order chi connectivity index (χ1) is 11.7. The molecule has 0 saturated carbocycles. The molecule has 0 fully saturated rings. The highest BCUT2D eigenvalue weighted by Gasteiger charge is 2.20. The summed E-state index contributed by atoms with van der Waals surface area (Å²) in [6.07, 6.45) is 21.6. The van der Waals surface area contributed by atoms with Gasteiger partial charge in [0.05, 0.1) is 6.16 Å². The predicted octanol–water partition coefficient (Wildman–Crippen LogP) is 6.98. The van der Waals surface area contributed by atoms with E-state index in [0.717, 1.165) is 12.8 Å². The number of hydrogen-bond donors (Lipinski definition) is 1. The average molecular weight is 364 g/mol. The van der Waals surface area contributed by atoms with Crippen molar-refractivity contribution in [2.24, 2.45) is 5.90 Å². The van der Waals surface area contributed by atoms with Crippen molar-refractivity contribution in [1.29, 1.82) is 0 Å². The summed E-state index contributed by atoms with van der Waals surface area (Å²) in [6, 6.07) is 0. The molecule has 5 heteroatoms. The fourth-order valence-corrected chi connectivity index (χ4v) is 4.03. The lowest BCUT2D eigenvalue weighted by atomic mass is 10.0. The first kappa shape index (κ1) is 24.1. The van der Waals surface area contributed by atoms with E-state index in [1.54, 1.807) is 0 Å². The summed E-state index contributed by atoms with van der Waals surface area (Å²) >= 11 is 0. The van der Waals surface area contributed by atoms with Gasteiger partial charge in [0.15, 0.2) is 0 Å². The topological polar surface area (TPSA) is 61.5 Å². The maximum absolute atomic E-state index is 11.7. The number of rotatable bonds is 19. The summed E-state index contributed by atoms with van der Waals surface area (Å²) in [5.41, 5.74) is 0. The molecule has 0 bridgehead atoms. The summed E-state index contributed by atoms with van der Waals surface area (Å²) in [5, 5.41) is 0. The fraction of sp³-hybridized carbons (Fsp3) is 1.00. The molecule has 0 heterocycles. The van der Waals surface area contributed by atoms with Crippen LogP contribution in [0.15, 0.2) is 0 Å². The normalized spacial score (nSPS) is 14.0. The van der Waals surface area contributed by atoms with Crippen LogP contribution in [0.4, 0.5) is 0 Å². The van der Waals surface area contributed by atoms with Gasteiger partial charge in [-0.05, 0) is 6.42 Å². The highest BCUT2D eigenvalue weighted by Crippen LogP contribution is 2.46. The molecule has 146 valence electrons. The predicted molar refractivity (Wildman–Crippen MR) is 104 cm³/mol. The van der Waals surface area contributed by atoms with Gasteiger partial charge in [-0.15, -0.1) is 0 Å². The van der Waals surface area contributed by atoms with Crippen LogP contribution < -0.4 is 5.90 Å². The van der Waals surface area contributed by atoms with Crippen molar-refractivity contribution in [1.82, 2.24) is 0 Å². The minimum Gasteiger partial charge on any atom is -0.311 e. The summed E-state index contributed by atoms with van der Waals surface area (Å²) in [7, 11) is -1.60. The van der Waals surface area contributed by atoms with E-state index in [0.29, 0.717) is 6.16 Å². The first-order valence-corrected chi connectivity index (χ1v) is 11.9. The van der Waals surface area contributed by atoms with Crippen molar-refractivity contribution >= 4 is 7.60 Å². The van der Waals surface area contributed by atoms with Crippen LogP contribution in [0.2, 0.25) is 0 Å². The van der Waals surface area contributed by atoms with Crippen LogP contribution in [0.25, 0.3) is 0 Å². The van der Waals surface area contributed by atoms with Crippen LogP contribution in [-0.4, -0.2) is 13.3 Å². The molecular formula is C19H42NO3P. The second-order valence-corrected chi connectivity index (χ2v) is 9.17. The highest BCUT2D eigenvalue weighted by atomic mass is 31.2. The van der Waals surface area contributed by atoms with Gasteiger partial charge in [0.25, 0.3) is 0 Å². The Morgan fingerprint density at radius 1 is 0.667 bits per heavy atom. The van der Waals surface area contributed by atoms with Crippen LogP contribution in [0.3, 0.4) is 0 Å². The maximum Gasteiger partial charge on any atom is 0.346 e. The number of unbranched alkanes of at least 4 members (excludes halogenated alkanes) is 15. The molecule has 4 nitrogen and oxygen atoms in total. The summed E-state index contributed by atoms with van der Waals surface area (Å²) < 4.78 is 21.0. The van der Waals surface area contributed by atoms with Gasteiger partial charge in [-0.1, -0.05) is 103 Å². The van der Waals surface area contributed by atoms with E-state index in [4.69, 9.17) is 10.4 Å². The van der Waals surface area contributed by atoms with Gasteiger partial charge < -0.3 is 4.52 Å². The van der Waals surface area contributed by atoms with Crippen molar-refractivity contribution < 1.29 is 13.7 Å². The monoisotopic (exact) mass is 363 g/mol. The van der Waals surface area contributed by atoms with Gasteiger partial charge in [-0.3, -0.25) is 4.57 Å². The molecule has 0 amide bonds. The molecule has 0 aromatic rings. The zero-order chi connectivity index (χ0) is 17.9. The Balaban J connectivity index is 3.14. The minimum atomic E-state index is -2.99. The molecule has 0 radical (unpaired) electrons. The van der Waals surface area contributed by atoms with Crippen LogP contribution in [0, 0.1) is 0 Å². The molecule has 0 rings (SSSR count). The van der Waals surface area contributed by atoms with Crippen molar-refractivity contribution in [3.05, 3.63) is 0 Å². The fourth-order valence-electron chi connectivity index (χ4n) is 3.04. The van der Waals surface area contributed by atoms with Crippen molar-refractivity contribution in [3.8, 4) is 0 Å². The molecule has 1 atom stereocenters. The molecule has 0 spiro atoms. The molecule has 0 aliphatic rings. The van der Waals surface area contributed by atoms with Crippen LogP contribution in [-0.2, 0) is 13.7 Å².